The zero-order chi connectivity index (χ0) is 26.6. The average Bonchev–Trinajstić information content (AvgIpc) is 3.23. The lowest BCUT2D eigenvalue weighted by Gasteiger charge is -2.22. The summed E-state index contributed by atoms with van der Waals surface area (Å²) in [6, 6.07) is 21.5. The molecule has 0 saturated carbocycles. The van der Waals surface area contributed by atoms with Crippen LogP contribution >= 0.6 is 0 Å². The molecule has 190 valence electrons. The molecule has 4 aromatic rings. The normalized spacial score (nSPS) is 13.2. The summed E-state index contributed by atoms with van der Waals surface area (Å²) in [6.45, 7) is 5.59. The van der Waals surface area contributed by atoms with Crippen LogP contribution in [0.5, 0.6) is 5.88 Å². The van der Waals surface area contributed by atoms with E-state index >= 15 is 0 Å². The number of hydrogen-bond acceptors (Lipinski definition) is 7. The molecule has 8 heteroatoms. The van der Waals surface area contributed by atoms with Crippen LogP contribution in [0.3, 0.4) is 0 Å². The predicted octanol–water partition coefficient (Wildman–Crippen LogP) is 4.96. The molecule has 0 bridgehead atoms. The first-order valence-corrected chi connectivity index (χ1v) is 12.0. The van der Waals surface area contributed by atoms with Crippen LogP contribution in [0.1, 0.15) is 47.8 Å². The van der Waals surface area contributed by atoms with Gasteiger partial charge in [-0.1, -0.05) is 48.5 Å². The number of fused-ring (bicyclic) bond motifs is 1. The van der Waals surface area contributed by atoms with Crippen molar-refractivity contribution < 1.29 is 24.2 Å². The summed E-state index contributed by atoms with van der Waals surface area (Å²) in [4.78, 5) is 32.3. The largest absolute Gasteiger partial charge is 0.494 e. The Hall–Kier alpha value is -4.43. The smallest absolute Gasteiger partial charge is 0.338 e. The van der Waals surface area contributed by atoms with Crippen LogP contribution in [-0.4, -0.2) is 41.0 Å². The summed E-state index contributed by atoms with van der Waals surface area (Å²) in [6.07, 6.45) is 0. The molecule has 1 atom stereocenters. The van der Waals surface area contributed by atoms with Crippen molar-refractivity contribution >= 4 is 34.2 Å². The van der Waals surface area contributed by atoms with E-state index in [0.717, 1.165) is 5.56 Å². The van der Waals surface area contributed by atoms with Crippen LogP contribution in [0.15, 0.2) is 77.8 Å². The third-order valence-electron chi connectivity index (χ3n) is 5.98. The van der Waals surface area contributed by atoms with Gasteiger partial charge in [-0.2, -0.15) is 0 Å². The molecule has 4 rings (SSSR count). The van der Waals surface area contributed by atoms with Gasteiger partial charge in [0.15, 0.2) is 5.88 Å². The van der Waals surface area contributed by atoms with E-state index in [0.29, 0.717) is 39.0 Å². The lowest BCUT2D eigenvalue weighted by atomic mass is 9.93. The second-order valence-corrected chi connectivity index (χ2v) is 8.63. The van der Waals surface area contributed by atoms with Crippen molar-refractivity contribution in [3.8, 4) is 5.88 Å². The highest BCUT2D eigenvalue weighted by atomic mass is 16.5. The number of aromatic hydroxyl groups is 1. The highest BCUT2D eigenvalue weighted by molar-refractivity contribution is 6.22. The van der Waals surface area contributed by atoms with Gasteiger partial charge in [0.05, 0.1) is 35.7 Å². The number of esters is 2. The van der Waals surface area contributed by atoms with Gasteiger partial charge in [-0.05, 0) is 50.6 Å². The third-order valence-corrected chi connectivity index (χ3v) is 5.98. The Morgan fingerprint density at radius 1 is 0.946 bits per heavy atom. The van der Waals surface area contributed by atoms with Crippen LogP contribution in [0.2, 0.25) is 0 Å². The Kier molecular flexibility index (Phi) is 7.40. The molecule has 0 radical (unpaired) electrons. The minimum atomic E-state index is -1.30. The SMILES string of the molecule is CCOC(=O)c1ccc2c(C(=Nc3ccc(C(C)(N)C(=O)OCC)cc3)c3ccccc3)c(O)[nH]c2c1. The van der Waals surface area contributed by atoms with Crippen molar-refractivity contribution in [1.29, 1.82) is 0 Å². The summed E-state index contributed by atoms with van der Waals surface area (Å²) >= 11 is 0. The summed E-state index contributed by atoms with van der Waals surface area (Å²) in [5.74, 6) is -1.03. The number of nitrogens with zero attached hydrogens (tertiary/aromatic N) is 1. The third kappa shape index (κ3) is 5.24. The van der Waals surface area contributed by atoms with E-state index in [1.54, 1.807) is 63.2 Å². The molecule has 0 aliphatic rings. The zero-order valence-electron chi connectivity index (χ0n) is 20.9. The molecule has 1 aromatic heterocycles. The Morgan fingerprint density at radius 3 is 2.27 bits per heavy atom. The summed E-state index contributed by atoms with van der Waals surface area (Å²) in [5.41, 5.74) is 8.89. The van der Waals surface area contributed by atoms with Gasteiger partial charge in [0, 0.05) is 16.5 Å². The van der Waals surface area contributed by atoms with Crippen molar-refractivity contribution in [3.63, 3.8) is 0 Å². The first-order chi connectivity index (χ1) is 17.8. The highest BCUT2D eigenvalue weighted by Gasteiger charge is 2.32. The van der Waals surface area contributed by atoms with Gasteiger partial charge in [-0.25, -0.2) is 14.6 Å². The van der Waals surface area contributed by atoms with E-state index in [2.05, 4.69) is 4.98 Å². The van der Waals surface area contributed by atoms with E-state index in [-0.39, 0.29) is 19.1 Å². The Morgan fingerprint density at radius 2 is 1.62 bits per heavy atom. The van der Waals surface area contributed by atoms with Gasteiger partial charge in [0.2, 0.25) is 0 Å². The minimum absolute atomic E-state index is 0.0768. The van der Waals surface area contributed by atoms with Gasteiger partial charge < -0.3 is 25.3 Å². The maximum absolute atomic E-state index is 12.3. The van der Waals surface area contributed by atoms with Crippen LogP contribution in [0.25, 0.3) is 10.9 Å². The number of benzene rings is 3. The molecule has 3 aromatic carbocycles. The molecule has 1 heterocycles. The Labute approximate surface area is 214 Å². The summed E-state index contributed by atoms with van der Waals surface area (Å²) in [7, 11) is 0. The molecule has 0 saturated heterocycles. The van der Waals surface area contributed by atoms with E-state index in [1.165, 1.54) is 0 Å². The van der Waals surface area contributed by atoms with Gasteiger partial charge in [-0.15, -0.1) is 0 Å². The average molecular weight is 500 g/mol. The number of carbonyl (C=O) groups is 2. The van der Waals surface area contributed by atoms with Gasteiger partial charge in [0.25, 0.3) is 0 Å². The molecule has 0 spiro atoms. The molecule has 8 nitrogen and oxygen atoms in total. The number of ether oxygens (including phenoxy) is 2. The monoisotopic (exact) mass is 499 g/mol. The van der Waals surface area contributed by atoms with Crippen molar-refractivity contribution in [1.82, 2.24) is 4.98 Å². The number of rotatable bonds is 8. The van der Waals surface area contributed by atoms with Gasteiger partial charge in [0.1, 0.15) is 5.54 Å². The number of nitrogens with two attached hydrogens (primary N) is 1. The minimum Gasteiger partial charge on any atom is -0.494 e. The number of aromatic nitrogens is 1. The Balaban J connectivity index is 1.80. The van der Waals surface area contributed by atoms with Gasteiger partial charge in [-0.3, -0.25) is 0 Å². The molecule has 0 aliphatic carbocycles. The molecule has 0 amide bonds. The predicted molar refractivity (Wildman–Crippen MR) is 142 cm³/mol. The number of carbonyl (C=O) groups excluding carboxylic acids is 2. The molecule has 0 aliphatic heterocycles. The fourth-order valence-electron chi connectivity index (χ4n) is 4.04. The molecular weight excluding hydrogens is 470 g/mol. The van der Waals surface area contributed by atoms with Crippen molar-refractivity contribution in [3.05, 3.63) is 95.1 Å². The standard InChI is InChI=1S/C29H29N3O5/c1-4-36-27(34)19-11-16-22-23(17-19)32-26(33)24(22)25(18-9-7-6-8-10-18)31-21-14-12-20(13-15-21)29(3,30)28(35)37-5-2/h6-17,32-33H,4-5,30H2,1-3H3. The van der Waals surface area contributed by atoms with E-state index < -0.39 is 17.5 Å². The first-order valence-electron chi connectivity index (χ1n) is 12.0. The second-order valence-electron chi connectivity index (χ2n) is 8.63. The number of aliphatic imine (C=N–C) groups is 1. The lowest BCUT2D eigenvalue weighted by molar-refractivity contribution is -0.149. The second kappa shape index (κ2) is 10.7. The summed E-state index contributed by atoms with van der Waals surface area (Å²) in [5, 5.41) is 11.6. The molecule has 1 unspecified atom stereocenters. The fourth-order valence-corrected chi connectivity index (χ4v) is 4.04. The highest BCUT2D eigenvalue weighted by Crippen LogP contribution is 2.32. The van der Waals surface area contributed by atoms with Crippen LogP contribution in [0.4, 0.5) is 5.69 Å². The number of hydrogen-bond donors (Lipinski definition) is 3. The molecule has 37 heavy (non-hydrogen) atoms. The van der Waals surface area contributed by atoms with E-state index in [4.69, 9.17) is 20.2 Å². The zero-order valence-corrected chi connectivity index (χ0v) is 20.9. The molecular formula is C29H29N3O5. The van der Waals surface area contributed by atoms with Crippen molar-refractivity contribution in [2.24, 2.45) is 10.7 Å². The Bertz CT molecular complexity index is 1450. The molecule has 4 N–H and O–H groups in total. The van der Waals surface area contributed by atoms with Gasteiger partial charge >= 0.3 is 11.9 Å². The maximum atomic E-state index is 12.3. The van der Waals surface area contributed by atoms with Crippen LogP contribution < -0.4 is 5.73 Å². The quantitative estimate of drug-likeness (QED) is 0.232. The topological polar surface area (TPSA) is 127 Å². The lowest BCUT2D eigenvalue weighted by Crippen LogP contribution is -2.43. The van der Waals surface area contributed by atoms with Crippen LogP contribution in [-0.2, 0) is 19.8 Å². The van der Waals surface area contributed by atoms with Crippen molar-refractivity contribution in [2.45, 2.75) is 26.3 Å². The molecule has 0 fully saturated rings. The fraction of sp³-hybridized carbons (Fsp3) is 0.207. The van der Waals surface area contributed by atoms with Crippen LogP contribution in [0, 0.1) is 0 Å². The first kappa shape index (κ1) is 25.7. The number of H-pyrrole nitrogens is 1. The van der Waals surface area contributed by atoms with E-state index in [9.17, 15) is 14.7 Å². The summed E-state index contributed by atoms with van der Waals surface area (Å²) < 4.78 is 10.2. The van der Waals surface area contributed by atoms with E-state index in [1.807, 2.05) is 30.3 Å². The number of aromatic amines is 1. The van der Waals surface area contributed by atoms with Crippen molar-refractivity contribution in [2.75, 3.05) is 13.2 Å². The number of nitrogens with one attached hydrogen (secondary N) is 1. The maximum Gasteiger partial charge on any atom is 0.338 e.